The van der Waals surface area contributed by atoms with Crippen LogP contribution in [-0.4, -0.2) is 28.0 Å². The third-order valence-electron chi connectivity index (χ3n) is 2.02. The number of carbonyl (C=O) groups is 2. The highest BCUT2D eigenvalue weighted by atomic mass is 19.2. The van der Waals surface area contributed by atoms with Gasteiger partial charge in [-0.25, -0.2) is 14.2 Å². The number of carboxylic acid groups (broad SMARTS) is 1. The maximum absolute atomic E-state index is 13.2. The van der Waals surface area contributed by atoms with E-state index >= 15 is 0 Å². The first-order valence-electron chi connectivity index (χ1n) is 4.74. The fourth-order valence-corrected chi connectivity index (χ4v) is 1.15. The normalized spacial score (nSPS) is 11.4. The van der Waals surface area contributed by atoms with E-state index in [9.17, 15) is 18.4 Å². The third-order valence-corrected chi connectivity index (χ3v) is 2.02. The molecule has 0 aliphatic carbocycles. The second-order valence-electron chi connectivity index (χ2n) is 3.24. The lowest BCUT2D eigenvalue weighted by Crippen LogP contribution is -2.40. The molecule has 1 aromatic heterocycles. The summed E-state index contributed by atoms with van der Waals surface area (Å²) in [7, 11) is 0. The maximum atomic E-state index is 13.2. The minimum Gasteiger partial charge on any atom is -0.480 e. The first-order chi connectivity index (χ1) is 8.47. The Hall–Kier alpha value is -2.49. The number of amides is 1. The van der Waals surface area contributed by atoms with E-state index in [-0.39, 0.29) is 6.42 Å². The average Bonchev–Trinajstić information content (AvgIpc) is 2.31. The van der Waals surface area contributed by atoms with Gasteiger partial charge in [-0.2, -0.15) is 4.39 Å². The van der Waals surface area contributed by atoms with Gasteiger partial charge in [0, 0.05) is 12.6 Å². The molecule has 1 rings (SSSR count). The molecule has 0 fully saturated rings. The smallest absolute Gasteiger partial charge is 0.327 e. The second-order valence-corrected chi connectivity index (χ2v) is 3.24. The largest absolute Gasteiger partial charge is 0.480 e. The monoisotopic (exact) mass is 254 g/mol. The number of hydrogen-bond acceptors (Lipinski definition) is 3. The van der Waals surface area contributed by atoms with E-state index in [4.69, 9.17) is 11.5 Å². The van der Waals surface area contributed by atoms with E-state index in [1.165, 1.54) is 0 Å². The first kappa shape index (κ1) is 13.6. The van der Waals surface area contributed by atoms with Crippen molar-refractivity contribution in [1.82, 2.24) is 10.3 Å². The Kier molecular flexibility index (Phi) is 4.32. The number of terminal acetylenes is 1. The van der Waals surface area contributed by atoms with Gasteiger partial charge in [0.05, 0.1) is 5.56 Å². The van der Waals surface area contributed by atoms with Crippen LogP contribution in [0, 0.1) is 24.1 Å². The lowest BCUT2D eigenvalue weighted by atomic mass is 10.2. The number of rotatable bonds is 4. The van der Waals surface area contributed by atoms with E-state index in [0.717, 1.165) is 12.3 Å². The van der Waals surface area contributed by atoms with Gasteiger partial charge in [0.1, 0.15) is 6.04 Å². The molecule has 1 aromatic rings. The highest BCUT2D eigenvalue weighted by Gasteiger charge is 2.22. The molecule has 0 aromatic carbocycles. The molecule has 0 saturated carbocycles. The molecular weight excluding hydrogens is 246 g/mol. The van der Waals surface area contributed by atoms with Crippen molar-refractivity contribution < 1.29 is 23.5 Å². The lowest BCUT2D eigenvalue weighted by molar-refractivity contribution is -0.139. The Balaban J connectivity index is 2.91. The van der Waals surface area contributed by atoms with E-state index in [2.05, 4.69) is 10.9 Å². The molecule has 94 valence electrons. The number of pyridine rings is 1. The average molecular weight is 254 g/mol. The number of halogens is 2. The summed E-state index contributed by atoms with van der Waals surface area (Å²) in [5.74, 6) is -3.26. The first-order valence-corrected chi connectivity index (χ1v) is 4.74. The molecule has 1 unspecified atom stereocenters. The van der Waals surface area contributed by atoms with Crippen LogP contribution in [0.15, 0.2) is 12.3 Å². The summed E-state index contributed by atoms with van der Waals surface area (Å²) < 4.78 is 26.0. The van der Waals surface area contributed by atoms with Gasteiger partial charge in [0.15, 0.2) is 5.82 Å². The Morgan fingerprint density at radius 3 is 2.78 bits per heavy atom. The van der Waals surface area contributed by atoms with Crippen molar-refractivity contribution in [3.8, 4) is 12.3 Å². The van der Waals surface area contributed by atoms with E-state index < -0.39 is 35.2 Å². The number of aromatic nitrogens is 1. The third kappa shape index (κ3) is 3.01. The SMILES string of the molecule is C#CCC(NC(=O)c1ccnc(F)c1F)C(=O)O. The number of nitrogens with one attached hydrogen (secondary N) is 1. The topological polar surface area (TPSA) is 79.3 Å². The zero-order valence-corrected chi connectivity index (χ0v) is 8.98. The molecule has 0 saturated heterocycles. The molecule has 2 N–H and O–H groups in total. The summed E-state index contributed by atoms with van der Waals surface area (Å²) in [4.78, 5) is 25.2. The quantitative estimate of drug-likeness (QED) is 0.608. The summed E-state index contributed by atoms with van der Waals surface area (Å²) in [6.07, 6.45) is 5.55. The van der Waals surface area contributed by atoms with Gasteiger partial charge in [-0.15, -0.1) is 12.3 Å². The van der Waals surface area contributed by atoms with Crippen LogP contribution in [0.3, 0.4) is 0 Å². The van der Waals surface area contributed by atoms with Crippen molar-refractivity contribution in [2.45, 2.75) is 12.5 Å². The zero-order valence-electron chi connectivity index (χ0n) is 8.98. The van der Waals surface area contributed by atoms with Gasteiger partial charge < -0.3 is 10.4 Å². The molecule has 0 aliphatic heterocycles. The fraction of sp³-hybridized carbons (Fsp3) is 0.182. The number of aliphatic carboxylic acids is 1. The maximum Gasteiger partial charge on any atom is 0.327 e. The van der Waals surface area contributed by atoms with Crippen LogP contribution in [-0.2, 0) is 4.79 Å². The predicted octanol–water partition coefficient (Wildman–Crippen LogP) is 0.566. The minimum absolute atomic E-state index is 0.268. The fourth-order valence-electron chi connectivity index (χ4n) is 1.15. The molecule has 18 heavy (non-hydrogen) atoms. The molecule has 0 aliphatic rings. The number of carbonyl (C=O) groups excluding carboxylic acids is 1. The molecule has 1 amide bonds. The number of nitrogens with zero attached hydrogens (tertiary/aromatic N) is 1. The molecule has 5 nitrogen and oxygen atoms in total. The van der Waals surface area contributed by atoms with Crippen molar-refractivity contribution in [1.29, 1.82) is 0 Å². The summed E-state index contributed by atoms with van der Waals surface area (Å²) in [5.41, 5.74) is -0.634. The van der Waals surface area contributed by atoms with Gasteiger partial charge in [0.25, 0.3) is 5.91 Å². The van der Waals surface area contributed by atoms with E-state index in [1.807, 2.05) is 5.32 Å². The van der Waals surface area contributed by atoms with Crippen LogP contribution >= 0.6 is 0 Å². The van der Waals surface area contributed by atoms with Crippen LogP contribution in [0.25, 0.3) is 0 Å². The van der Waals surface area contributed by atoms with E-state index in [1.54, 1.807) is 0 Å². The summed E-state index contributed by atoms with van der Waals surface area (Å²) in [5, 5.41) is 10.7. The standard InChI is InChI=1S/C11H8F2N2O3/c1-2-3-7(11(17)18)15-10(16)6-4-5-14-9(13)8(6)12/h1,4-5,7H,3H2,(H,15,16)(H,17,18). The number of carboxylic acids is 1. The number of hydrogen-bond donors (Lipinski definition) is 2. The van der Waals surface area contributed by atoms with Gasteiger partial charge in [-0.3, -0.25) is 4.79 Å². The van der Waals surface area contributed by atoms with Crippen LogP contribution in [0.2, 0.25) is 0 Å². The summed E-state index contributed by atoms with van der Waals surface area (Å²) >= 11 is 0. The van der Waals surface area contributed by atoms with Crippen LogP contribution in [0.4, 0.5) is 8.78 Å². The van der Waals surface area contributed by atoms with Crippen molar-refractivity contribution in [3.63, 3.8) is 0 Å². The molecule has 7 heteroatoms. The van der Waals surface area contributed by atoms with Crippen LogP contribution in [0.1, 0.15) is 16.8 Å². The van der Waals surface area contributed by atoms with Gasteiger partial charge in [0.2, 0.25) is 5.95 Å². The molecule has 1 atom stereocenters. The molecule has 0 spiro atoms. The lowest BCUT2D eigenvalue weighted by Gasteiger charge is -2.11. The Morgan fingerprint density at radius 1 is 1.56 bits per heavy atom. The molecule has 0 radical (unpaired) electrons. The second kappa shape index (κ2) is 5.72. The summed E-state index contributed by atoms with van der Waals surface area (Å²) in [6.45, 7) is 0. The van der Waals surface area contributed by atoms with E-state index in [0.29, 0.717) is 0 Å². The van der Waals surface area contributed by atoms with Crippen LogP contribution < -0.4 is 5.32 Å². The zero-order chi connectivity index (χ0) is 13.7. The predicted molar refractivity (Wildman–Crippen MR) is 56.5 cm³/mol. The summed E-state index contributed by atoms with van der Waals surface area (Å²) in [6, 6.07) is -0.430. The molecular formula is C11H8F2N2O3. The van der Waals surface area contributed by atoms with Crippen molar-refractivity contribution in [2.24, 2.45) is 0 Å². The molecule has 0 bridgehead atoms. The van der Waals surface area contributed by atoms with Gasteiger partial charge >= 0.3 is 5.97 Å². The van der Waals surface area contributed by atoms with Gasteiger partial charge in [-0.1, -0.05) is 0 Å². The molecule has 1 heterocycles. The van der Waals surface area contributed by atoms with Crippen LogP contribution in [0.5, 0.6) is 0 Å². The highest BCUT2D eigenvalue weighted by Crippen LogP contribution is 2.09. The van der Waals surface area contributed by atoms with Gasteiger partial charge in [-0.05, 0) is 6.07 Å². The minimum atomic E-state index is -1.44. The highest BCUT2D eigenvalue weighted by molar-refractivity contribution is 5.96. The van der Waals surface area contributed by atoms with Crippen molar-refractivity contribution in [2.75, 3.05) is 0 Å². The Morgan fingerprint density at radius 2 is 2.22 bits per heavy atom. The van der Waals surface area contributed by atoms with Crippen molar-refractivity contribution in [3.05, 3.63) is 29.6 Å². The Bertz CT molecular complexity index is 526. The van der Waals surface area contributed by atoms with Crippen molar-refractivity contribution >= 4 is 11.9 Å². The Labute approximate surface area is 101 Å².